The Morgan fingerprint density at radius 2 is 2.00 bits per heavy atom. The summed E-state index contributed by atoms with van der Waals surface area (Å²) in [6.07, 6.45) is 7.84. The average Bonchev–Trinajstić information content (AvgIpc) is 3.56. The summed E-state index contributed by atoms with van der Waals surface area (Å²) in [4.78, 5) is 11.3. The molecule has 1 atom stereocenters. The van der Waals surface area contributed by atoms with Crippen molar-refractivity contribution in [3.8, 4) is 11.6 Å². The van der Waals surface area contributed by atoms with Crippen LogP contribution in [-0.2, 0) is 6.42 Å². The third-order valence-electron chi connectivity index (χ3n) is 5.32. The van der Waals surface area contributed by atoms with Crippen LogP contribution in [0.5, 0.6) is 0 Å². The minimum atomic E-state index is 0.198. The number of H-pyrrole nitrogens is 1. The molecule has 4 heterocycles. The first-order valence-corrected chi connectivity index (χ1v) is 10.5. The van der Waals surface area contributed by atoms with Gasteiger partial charge in [-0.1, -0.05) is 6.42 Å². The van der Waals surface area contributed by atoms with Crippen LogP contribution in [0.3, 0.4) is 0 Å². The molecule has 0 saturated carbocycles. The maximum absolute atomic E-state index is 5.72. The minimum Gasteiger partial charge on any atom is -0.468 e. The van der Waals surface area contributed by atoms with E-state index in [9.17, 15) is 0 Å². The van der Waals surface area contributed by atoms with Crippen molar-refractivity contribution in [3.63, 3.8) is 0 Å². The van der Waals surface area contributed by atoms with Gasteiger partial charge in [-0.25, -0.2) is 4.98 Å². The van der Waals surface area contributed by atoms with Crippen molar-refractivity contribution >= 4 is 5.96 Å². The lowest BCUT2D eigenvalue weighted by Gasteiger charge is -2.33. The van der Waals surface area contributed by atoms with Crippen molar-refractivity contribution in [2.45, 2.75) is 31.7 Å². The zero-order valence-corrected chi connectivity index (χ0v) is 17.3. The molecule has 4 rings (SSSR count). The number of likely N-dealkylation sites (tertiary alicyclic amines) is 1. The van der Waals surface area contributed by atoms with E-state index in [-0.39, 0.29) is 6.04 Å². The molecule has 1 fully saturated rings. The smallest absolute Gasteiger partial charge is 0.216 e. The summed E-state index contributed by atoms with van der Waals surface area (Å²) in [7, 11) is 1.78. The van der Waals surface area contributed by atoms with Crippen molar-refractivity contribution in [1.29, 1.82) is 0 Å². The summed E-state index contributed by atoms with van der Waals surface area (Å²) in [6, 6.07) is 7.87. The molecule has 160 valence electrons. The normalized spacial score (nSPS) is 16.5. The van der Waals surface area contributed by atoms with Gasteiger partial charge in [0, 0.05) is 26.6 Å². The second kappa shape index (κ2) is 10.1. The number of hydrogen-bond donors (Lipinski definition) is 3. The SMILES string of the molecule is CN=C(NCCc1nc(-c2ccco2)n[nH]1)NCC(c1ccco1)N1CCCCC1. The highest BCUT2D eigenvalue weighted by Crippen LogP contribution is 2.24. The Morgan fingerprint density at radius 1 is 1.17 bits per heavy atom. The minimum absolute atomic E-state index is 0.198. The molecule has 30 heavy (non-hydrogen) atoms. The fourth-order valence-electron chi connectivity index (χ4n) is 3.76. The van der Waals surface area contributed by atoms with Crippen LogP contribution >= 0.6 is 0 Å². The zero-order valence-electron chi connectivity index (χ0n) is 17.3. The highest BCUT2D eigenvalue weighted by molar-refractivity contribution is 5.79. The number of aromatic nitrogens is 3. The van der Waals surface area contributed by atoms with Gasteiger partial charge in [-0.05, 0) is 50.2 Å². The van der Waals surface area contributed by atoms with E-state index in [0.29, 0.717) is 24.6 Å². The van der Waals surface area contributed by atoms with Crippen molar-refractivity contribution in [2.24, 2.45) is 4.99 Å². The van der Waals surface area contributed by atoms with Crippen LogP contribution in [0, 0.1) is 0 Å². The van der Waals surface area contributed by atoms with E-state index in [1.807, 2.05) is 18.2 Å². The molecule has 0 radical (unpaired) electrons. The van der Waals surface area contributed by atoms with E-state index in [4.69, 9.17) is 8.83 Å². The van der Waals surface area contributed by atoms with E-state index < -0.39 is 0 Å². The lowest BCUT2D eigenvalue weighted by molar-refractivity contribution is 0.146. The topological polar surface area (TPSA) is 108 Å². The van der Waals surface area contributed by atoms with Gasteiger partial charge < -0.3 is 19.5 Å². The summed E-state index contributed by atoms with van der Waals surface area (Å²) in [5.41, 5.74) is 0. The predicted molar refractivity (Wildman–Crippen MR) is 114 cm³/mol. The monoisotopic (exact) mass is 411 g/mol. The summed E-state index contributed by atoms with van der Waals surface area (Å²) in [6.45, 7) is 3.62. The summed E-state index contributed by atoms with van der Waals surface area (Å²) < 4.78 is 11.0. The Balaban J connectivity index is 1.27. The Morgan fingerprint density at radius 3 is 2.73 bits per heavy atom. The van der Waals surface area contributed by atoms with E-state index >= 15 is 0 Å². The first-order valence-electron chi connectivity index (χ1n) is 10.5. The molecule has 0 spiro atoms. The van der Waals surface area contributed by atoms with Crippen molar-refractivity contribution in [2.75, 3.05) is 33.2 Å². The first-order chi connectivity index (χ1) is 14.8. The van der Waals surface area contributed by atoms with Gasteiger partial charge in [0.1, 0.15) is 11.6 Å². The highest BCUT2D eigenvalue weighted by atomic mass is 16.3. The van der Waals surface area contributed by atoms with Gasteiger partial charge in [-0.15, -0.1) is 0 Å². The molecular formula is C21H29N7O2. The molecule has 0 aromatic carbocycles. The molecule has 1 saturated heterocycles. The third-order valence-corrected chi connectivity index (χ3v) is 5.32. The van der Waals surface area contributed by atoms with Crippen LogP contribution in [0.25, 0.3) is 11.6 Å². The number of hydrogen-bond acceptors (Lipinski definition) is 6. The van der Waals surface area contributed by atoms with Gasteiger partial charge in [-0.2, -0.15) is 5.10 Å². The molecule has 0 aliphatic carbocycles. The lowest BCUT2D eigenvalue weighted by atomic mass is 10.1. The van der Waals surface area contributed by atoms with Crippen LogP contribution in [0.4, 0.5) is 0 Å². The van der Waals surface area contributed by atoms with E-state index in [0.717, 1.165) is 37.2 Å². The van der Waals surface area contributed by atoms with E-state index in [2.05, 4.69) is 41.8 Å². The summed E-state index contributed by atoms with van der Waals surface area (Å²) in [5, 5.41) is 13.9. The number of nitrogens with zero attached hydrogens (tertiary/aromatic N) is 4. The Hall–Kier alpha value is -3.07. The van der Waals surface area contributed by atoms with Crippen molar-refractivity contribution in [1.82, 2.24) is 30.7 Å². The quantitative estimate of drug-likeness (QED) is 0.386. The number of rotatable bonds is 8. The summed E-state index contributed by atoms with van der Waals surface area (Å²) >= 11 is 0. The number of nitrogens with one attached hydrogen (secondary N) is 3. The largest absolute Gasteiger partial charge is 0.468 e. The Bertz CT molecular complexity index is 896. The molecule has 1 unspecified atom stereocenters. The number of piperidine rings is 1. The van der Waals surface area contributed by atoms with Gasteiger partial charge >= 0.3 is 0 Å². The Kier molecular flexibility index (Phi) is 6.81. The maximum atomic E-state index is 5.72. The third kappa shape index (κ3) is 5.10. The molecule has 3 aromatic rings. The van der Waals surface area contributed by atoms with Gasteiger partial charge in [0.15, 0.2) is 11.7 Å². The maximum Gasteiger partial charge on any atom is 0.216 e. The fourth-order valence-corrected chi connectivity index (χ4v) is 3.76. The fraction of sp³-hybridized carbons (Fsp3) is 0.476. The molecule has 3 N–H and O–H groups in total. The van der Waals surface area contributed by atoms with Crippen LogP contribution in [0.2, 0.25) is 0 Å². The molecule has 1 aliphatic heterocycles. The molecular weight excluding hydrogens is 382 g/mol. The number of aliphatic imine (C=N–C) groups is 1. The van der Waals surface area contributed by atoms with Gasteiger partial charge in [-0.3, -0.25) is 15.0 Å². The molecule has 9 heteroatoms. The summed E-state index contributed by atoms with van der Waals surface area (Å²) in [5.74, 6) is 3.78. The van der Waals surface area contributed by atoms with E-state index in [1.165, 1.54) is 19.3 Å². The lowest BCUT2D eigenvalue weighted by Crippen LogP contribution is -2.44. The number of aromatic amines is 1. The van der Waals surface area contributed by atoms with Crippen molar-refractivity contribution in [3.05, 3.63) is 48.4 Å². The predicted octanol–water partition coefficient (Wildman–Crippen LogP) is 2.59. The second-order valence-electron chi connectivity index (χ2n) is 7.34. The molecule has 1 aliphatic rings. The number of furan rings is 2. The van der Waals surface area contributed by atoms with Crippen LogP contribution in [0.1, 0.15) is 36.9 Å². The highest BCUT2D eigenvalue weighted by Gasteiger charge is 2.24. The van der Waals surface area contributed by atoms with Gasteiger partial charge in [0.05, 0.1) is 18.6 Å². The second-order valence-corrected chi connectivity index (χ2v) is 7.34. The van der Waals surface area contributed by atoms with Crippen LogP contribution in [-0.4, -0.2) is 59.3 Å². The van der Waals surface area contributed by atoms with Crippen LogP contribution < -0.4 is 10.6 Å². The Labute approximate surface area is 176 Å². The standard InChI is InChI=1S/C21H29N7O2/c1-22-21(23-10-9-19-25-20(27-26-19)18-8-6-14-30-18)24-15-16(17-7-5-13-29-17)28-11-3-2-4-12-28/h5-8,13-14,16H,2-4,9-12,15H2,1H3,(H2,22,23,24)(H,25,26,27). The van der Waals surface area contributed by atoms with Gasteiger partial charge in [0.25, 0.3) is 0 Å². The van der Waals surface area contributed by atoms with Crippen LogP contribution in [0.15, 0.2) is 50.6 Å². The average molecular weight is 412 g/mol. The molecule has 0 amide bonds. The van der Waals surface area contributed by atoms with Gasteiger partial charge in [0.2, 0.25) is 5.82 Å². The molecule has 3 aromatic heterocycles. The molecule has 9 nitrogen and oxygen atoms in total. The zero-order chi connectivity index (χ0) is 20.6. The van der Waals surface area contributed by atoms with Crippen molar-refractivity contribution < 1.29 is 8.83 Å². The first kappa shape index (κ1) is 20.2. The number of guanidine groups is 1. The van der Waals surface area contributed by atoms with E-state index in [1.54, 1.807) is 19.6 Å². The molecule has 0 bridgehead atoms.